The van der Waals surface area contributed by atoms with Gasteiger partial charge in [-0.05, 0) is 97.8 Å². The molecule has 3 aliphatic heterocycles. The largest absolute Gasteiger partial charge is 0.488 e. The number of piperidine rings is 1. The van der Waals surface area contributed by atoms with E-state index in [-0.39, 0.29) is 37.9 Å². The van der Waals surface area contributed by atoms with E-state index in [9.17, 15) is 27.5 Å². The highest BCUT2D eigenvalue weighted by Gasteiger charge is 2.45. The topological polar surface area (TPSA) is 65.9 Å². The molecular formula is C34H32ClF4N3O3. The smallest absolute Gasteiger partial charge is 0.432 e. The molecule has 6 nitrogen and oxygen atoms in total. The Balaban J connectivity index is 1.51. The number of rotatable bonds is 4. The van der Waals surface area contributed by atoms with Gasteiger partial charge in [0.05, 0.1) is 11.3 Å². The van der Waals surface area contributed by atoms with Gasteiger partial charge in [-0.1, -0.05) is 41.9 Å². The Hall–Kier alpha value is -3.89. The fourth-order valence-electron chi connectivity index (χ4n) is 6.56. The quantitative estimate of drug-likeness (QED) is 0.294. The normalized spacial score (nSPS) is 19.4. The Morgan fingerprint density at radius 1 is 1.07 bits per heavy atom. The number of carbonyl (C=O) groups is 1. The third-order valence-corrected chi connectivity index (χ3v) is 9.02. The molecule has 45 heavy (non-hydrogen) atoms. The van der Waals surface area contributed by atoms with Crippen LogP contribution in [0.15, 0.2) is 78.0 Å². The molecular weight excluding hydrogens is 610 g/mol. The third kappa shape index (κ3) is 6.58. The van der Waals surface area contributed by atoms with E-state index in [1.165, 1.54) is 12.1 Å². The van der Waals surface area contributed by atoms with Crippen LogP contribution in [0.4, 0.5) is 23.4 Å². The zero-order valence-corrected chi connectivity index (χ0v) is 25.1. The Morgan fingerprint density at radius 2 is 1.87 bits per heavy atom. The minimum Gasteiger partial charge on any atom is -0.488 e. The predicted octanol–water partition coefficient (Wildman–Crippen LogP) is 7.72. The van der Waals surface area contributed by atoms with Crippen molar-refractivity contribution < 1.29 is 32.2 Å². The molecule has 236 valence electrons. The van der Waals surface area contributed by atoms with Crippen LogP contribution < -0.4 is 9.64 Å². The molecule has 3 aliphatic rings. The summed E-state index contributed by atoms with van der Waals surface area (Å²) in [5.41, 5.74) is 1.44. The number of hydrogen-bond donors (Lipinski definition) is 1. The van der Waals surface area contributed by atoms with E-state index in [1.807, 2.05) is 12.1 Å². The van der Waals surface area contributed by atoms with E-state index in [0.717, 1.165) is 53.6 Å². The molecule has 0 saturated carbocycles. The van der Waals surface area contributed by atoms with Crippen LogP contribution in [-0.2, 0) is 17.8 Å². The molecule has 2 aromatic carbocycles. The number of aliphatic carboxylic acids is 1. The van der Waals surface area contributed by atoms with Crippen molar-refractivity contribution in [3.8, 4) is 17.0 Å². The van der Waals surface area contributed by atoms with Gasteiger partial charge in [-0.15, -0.1) is 0 Å². The van der Waals surface area contributed by atoms with Crippen molar-refractivity contribution in [1.82, 2.24) is 9.88 Å². The molecule has 2 bridgehead atoms. The van der Waals surface area contributed by atoms with Crippen LogP contribution in [0.25, 0.3) is 11.3 Å². The number of halogens is 5. The molecule has 0 aliphatic carbocycles. The minimum atomic E-state index is -4.99. The SMILES string of the molecule is O=C(O)C1=C(C(F)(F)F)N2c3cccc(n3)-c3cc(Cl)ccc3OCc3ccc(C4CCN(CCF)CC4)cc3CC2CC=C1. The summed E-state index contributed by atoms with van der Waals surface area (Å²) in [6.07, 6.45) is -0.424. The molecule has 1 N–H and O–H groups in total. The summed E-state index contributed by atoms with van der Waals surface area (Å²) >= 11 is 6.34. The number of carboxylic acids is 1. The molecule has 0 amide bonds. The Bertz CT molecular complexity index is 1650. The number of anilines is 1. The second-order valence-electron chi connectivity index (χ2n) is 11.6. The fourth-order valence-corrected chi connectivity index (χ4v) is 6.73. The van der Waals surface area contributed by atoms with Crippen molar-refractivity contribution in [3.63, 3.8) is 0 Å². The minimum absolute atomic E-state index is 0.0308. The lowest BCUT2D eigenvalue weighted by molar-refractivity contribution is -0.133. The van der Waals surface area contributed by atoms with Crippen molar-refractivity contribution >= 4 is 23.4 Å². The maximum atomic E-state index is 14.9. The first-order chi connectivity index (χ1) is 21.6. The maximum Gasteiger partial charge on any atom is 0.432 e. The number of fused-ring (bicyclic) bond motifs is 7. The lowest BCUT2D eigenvalue weighted by atomic mass is 9.86. The van der Waals surface area contributed by atoms with Gasteiger partial charge >= 0.3 is 12.1 Å². The monoisotopic (exact) mass is 641 g/mol. The summed E-state index contributed by atoms with van der Waals surface area (Å²) in [7, 11) is 0. The lowest BCUT2D eigenvalue weighted by Gasteiger charge is -2.36. The highest BCUT2D eigenvalue weighted by Crippen LogP contribution is 2.41. The van der Waals surface area contributed by atoms with Crippen molar-refractivity contribution in [3.05, 3.63) is 99.7 Å². The van der Waals surface area contributed by atoms with Gasteiger partial charge in [0.2, 0.25) is 0 Å². The van der Waals surface area contributed by atoms with Crippen LogP contribution in [0, 0.1) is 0 Å². The molecule has 1 aromatic heterocycles. The Kier molecular flexibility index (Phi) is 8.88. The molecule has 0 radical (unpaired) electrons. The number of likely N-dealkylation sites (tertiary alicyclic amines) is 1. The van der Waals surface area contributed by atoms with Crippen LogP contribution in [0.1, 0.15) is 41.9 Å². The number of benzene rings is 2. The zero-order chi connectivity index (χ0) is 31.7. The molecule has 6 rings (SSSR count). The number of ether oxygens (including phenoxy) is 1. The van der Waals surface area contributed by atoms with E-state index in [2.05, 4.69) is 16.0 Å². The number of nitrogens with zero attached hydrogens (tertiary/aromatic N) is 3. The number of alkyl halides is 4. The first-order valence-corrected chi connectivity index (χ1v) is 15.3. The summed E-state index contributed by atoms with van der Waals surface area (Å²) in [6.45, 7) is 1.73. The molecule has 1 fully saturated rings. The van der Waals surface area contributed by atoms with Crippen molar-refractivity contribution in [2.45, 2.75) is 50.4 Å². The van der Waals surface area contributed by atoms with E-state index in [4.69, 9.17) is 16.3 Å². The average molecular weight is 642 g/mol. The molecule has 3 aromatic rings. The fraction of sp³-hybridized carbons (Fsp3) is 0.353. The molecule has 11 heteroatoms. The molecule has 0 spiro atoms. The first kappa shape index (κ1) is 31.1. The molecule has 4 heterocycles. The van der Waals surface area contributed by atoms with Crippen LogP contribution in [0.3, 0.4) is 0 Å². The van der Waals surface area contributed by atoms with Crippen LogP contribution in [0.2, 0.25) is 5.02 Å². The van der Waals surface area contributed by atoms with Crippen LogP contribution in [0.5, 0.6) is 5.75 Å². The summed E-state index contributed by atoms with van der Waals surface area (Å²) in [5.74, 6) is -1.01. The highest BCUT2D eigenvalue weighted by molar-refractivity contribution is 6.31. The zero-order valence-electron chi connectivity index (χ0n) is 24.4. The van der Waals surface area contributed by atoms with Gasteiger partial charge in [-0.2, -0.15) is 13.2 Å². The molecule has 1 atom stereocenters. The number of pyridine rings is 1. The lowest BCUT2D eigenvalue weighted by Crippen LogP contribution is -2.42. The van der Waals surface area contributed by atoms with Crippen molar-refractivity contribution in [2.75, 3.05) is 31.2 Å². The van der Waals surface area contributed by atoms with Crippen molar-refractivity contribution in [1.29, 1.82) is 0 Å². The number of aromatic nitrogens is 1. The van der Waals surface area contributed by atoms with E-state index in [0.29, 0.717) is 28.6 Å². The van der Waals surface area contributed by atoms with Crippen LogP contribution >= 0.6 is 11.6 Å². The highest BCUT2D eigenvalue weighted by atomic mass is 35.5. The van der Waals surface area contributed by atoms with Gasteiger partial charge in [0.15, 0.2) is 0 Å². The predicted molar refractivity (Wildman–Crippen MR) is 164 cm³/mol. The second-order valence-corrected chi connectivity index (χ2v) is 12.0. The van der Waals surface area contributed by atoms with E-state index < -0.39 is 29.5 Å². The van der Waals surface area contributed by atoms with Crippen molar-refractivity contribution in [2.24, 2.45) is 0 Å². The Labute approximate surface area is 263 Å². The third-order valence-electron chi connectivity index (χ3n) is 8.78. The van der Waals surface area contributed by atoms with Gasteiger partial charge in [-0.3, -0.25) is 0 Å². The maximum absolute atomic E-state index is 14.9. The van der Waals surface area contributed by atoms with Gasteiger partial charge in [0.25, 0.3) is 0 Å². The van der Waals surface area contributed by atoms with Gasteiger partial charge < -0.3 is 19.6 Å². The summed E-state index contributed by atoms with van der Waals surface area (Å²) in [6, 6.07) is 15.0. The van der Waals surface area contributed by atoms with E-state index >= 15 is 0 Å². The summed E-state index contributed by atoms with van der Waals surface area (Å²) in [5, 5.41) is 10.3. The number of carboxylic acid groups (broad SMARTS) is 1. The second kappa shape index (κ2) is 12.8. The number of allylic oxidation sites excluding steroid dienone is 1. The average Bonchev–Trinajstić information content (AvgIpc) is 3.21. The van der Waals surface area contributed by atoms with Gasteiger partial charge in [0, 0.05) is 23.2 Å². The summed E-state index contributed by atoms with van der Waals surface area (Å²) in [4.78, 5) is 20.0. The Morgan fingerprint density at radius 3 is 2.60 bits per heavy atom. The van der Waals surface area contributed by atoms with Gasteiger partial charge in [-0.25, -0.2) is 14.2 Å². The number of hydrogen-bond acceptors (Lipinski definition) is 5. The first-order valence-electron chi connectivity index (χ1n) is 14.9. The van der Waals surface area contributed by atoms with E-state index in [1.54, 1.807) is 30.3 Å². The van der Waals surface area contributed by atoms with Gasteiger partial charge in [0.1, 0.15) is 30.5 Å². The molecule has 1 unspecified atom stereocenters. The molecule has 1 saturated heterocycles. The summed E-state index contributed by atoms with van der Waals surface area (Å²) < 4.78 is 64.0. The van der Waals surface area contributed by atoms with Crippen LogP contribution in [-0.4, -0.2) is 59.5 Å². The standard InChI is InChI=1S/C34H32ClF4N3O3/c35-25-9-10-30-28(19-25)29-5-2-6-31(40-29)42-26(3-1-4-27(33(43)44)32(42)34(37,38)39)18-24-17-22(7-8-23(24)20-45-30)21-11-14-41(15-12-21)16-13-36/h1-2,4-10,17,19,21,26H,3,11-16,18,20H2,(H,43,44).